The molecule has 4 nitrogen and oxygen atoms in total. The van der Waals surface area contributed by atoms with Crippen molar-refractivity contribution in [2.75, 3.05) is 26.9 Å². The smallest absolute Gasteiger partial charge is 0.214 e. The first kappa shape index (κ1) is 14.9. The van der Waals surface area contributed by atoms with Crippen LogP contribution >= 0.6 is 0 Å². The molecule has 1 aromatic rings. The van der Waals surface area contributed by atoms with E-state index < -0.39 is 11.6 Å². The minimum absolute atomic E-state index is 0.00593. The van der Waals surface area contributed by atoms with Gasteiger partial charge in [0.05, 0.1) is 19.2 Å². The van der Waals surface area contributed by atoms with Crippen LogP contribution in [0, 0.1) is 5.82 Å². The van der Waals surface area contributed by atoms with Gasteiger partial charge in [0.1, 0.15) is 11.6 Å². The Morgan fingerprint density at radius 2 is 1.83 bits per heavy atom. The summed E-state index contributed by atoms with van der Waals surface area (Å²) >= 11 is 0. The fourth-order valence-electron chi connectivity index (χ4n) is 1.92. The molecule has 0 saturated carbocycles. The van der Waals surface area contributed by atoms with Gasteiger partial charge in [-0.1, -0.05) is 6.07 Å². The van der Waals surface area contributed by atoms with Crippen LogP contribution in [0.15, 0.2) is 18.2 Å². The number of benzene rings is 1. The molecule has 0 spiro atoms. The van der Waals surface area contributed by atoms with Gasteiger partial charge in [0.2, 0.25) is 5.79 Å². The maximum Gasteiger partial charge on any atom is 0.214 e. The van der Waals surface area contributed by atoms with Crippen molar-refractivity contribution in [1.82, 2.24) is 0 Å². The van der Waals surface area contributed by atoms with E-state index in [4.69, 9.17) is 19.9 Å². The lowest BCUT2D eigenvalue weighted by molar-refractivity contribution is -0.237. The molecular weight excluding hydrogens is 237 g/mol. The minimum atomic E-state index is -1.31. The lowest BCUT2D eigenvalue weighted by atomic mass is 10.0. The zero-order valence-corrected chi connectivity index (χ0v) is 11.0. The number of halogens is 1. The summed E-state index contributed by atoms with van der Waals surface area (Å²) < 4.78 is 30.4. The Hall–Kier alpha value is -1.17. The van der Waals surface area contributed by atoms with E-state index in [-0.39, 0.29) is 12.1 Å². The molecular formula is C13H20FNO3. The van der Waals surface area contributed by atoms with Gasteiger partial charge in [0, 0.05) is 13.2 Å². The second kappa shape index (κ2) is 6.68. The predicted molar refractivity (Wildman–Crippen MR) is 66.9 cm³/mol. The van der Waals surface area contributed by atoms with E-state index in [0.717, 1.165) is 0 Å². The molecule has 0 aromatic heterocycles. The third-order valence-electron chi connectivity index (χ3n) is 2.60. The zero-order chi connectivity index (χ0) is 13.6. The summed E-state index contributed by atoms with van der Waals surface area (Å²) in [5.41, 5.74) is 5.94. The number of methoxy groups -OCH3 is 1. The maximum absolute atomic E-state index is 14.1. The van der Waals surface area contributed by atoms with Crippen LogP contribution in [0.5, 0.6) is 5.75 Å². The average Bonchev–Trinajstić information content (AvgIpc) is 2.38. The highest BCUT2D eigenvalue weighted by Crippen LogP contribution is 2.35. The molecule has 5 heteroatoms. The highest BCUT2D eigenvalue weighted by Gasteiger charge is 2.38. The molecule has 0 aliphatic heterocycles. The summed E-state index contributed by atoms with van der Waals surface area (Å²) in [5.74, 6) is -1.40. The molecule has 0 aliphatic carbocycles. The highest BCUT2D eigenvalue weighted by molar-refractivity contribution is 5.38. The van der Waals surface area contributed by atoms with E-state index in [1.165, 1.54) is 13.2 Å². The summed E-state index contributed by atoms with van der Waals surface area (Å²) in [7, 11) is 1.47. The summed E-state index contributed by atoms with van der Waals surface area (Å²) in [6.07, 6.45) is 0. The van der Waals surface area contributed by atoms with Crippen LogP contribution in [0.1, 0.15) is 19.4 Å². The fraction of sp³-hybridized carbons (Fsp3) is 0.538. The molecule has 0 heterocycles. The molecule has 0 saturated heterocycles. The standard InChI is InChI=1S/C13H20FNO3/c1-4-17-13(9-15,18-5-2)12-10(14)7-6-8-11(12)16-3/h6-8H,4-5,9,15H2,1-3H3. The predicted octanol–water partition coefficient (Wildman–Crippen LogP) is 2.02. The van der Waals surface area contributed by atoms with Crippen molar-refractivity contribution >= 4 is 0 Å². The van der Waals surface area contributed by atoms with Gasteiger partial charge in [0.15, 0.2) is 0 Å². The van der Waals surface area contributed by atoms with Crippen LogP contribution in [-0.2, 0) is 15.3 Å². The van der Waals surface area contributed by atoms with Gasteiger partial charge >= 0.3 is 0 Å². The largest absolute Gasteiger partial charge is 0.496 e. The third kappa shape index (κ3) is 2.80. The summed E-state index contributed by atoms with van der Waals surface area (Å²) in [5, 5.41) is 0. The van der Waals surface area contributed by atoms with Crippen LogP contribution in [0.3, 0.4) is 0 Å². The Bertz CT molecular complexity index is 378. The van der Waals surface area contributed by atoms with Crippen molar-refractivity contribution in [3.05, 3.63) is 29.6 Å². The number of hydrogen-bond acceptors (Lipinski definition) is 4. The van der Waals surface area contributed by atoms with E-state index in [1.807, 2.05) is 0 Å². The Morgan fingerprint density at radius 3 is 2.28 bits per heavy atom. The highest BCUT2D eigenvalue weighted by atomic mass is 19.1. The lowest BCUT2D eigenvalue weighted by Gasteiger charge is -2.33. The first-order valence-electron chi connectivity index (χ1n) is 5.96. The minimum Gasteiger partial charge on any atom is -0.496 e. The van der Waals surface area contributed by atoms with Gasteiger partial charge in [-0.2, -0.15) is 0 Å². The number of rotatable bonds is 7. The molecule has 0 aliphatic rings. The number of hydrogen-bond donors (Lipinski definition) is 1. The van der Waals surface area contributed by atoms with Crippen molar-refractivity contribution < 1.29 is 18.6 Å². The van der Waals surface area contributed by atoms with E-state index >= 15 is 0 Å². The summed E-state index contributed by atoms with van der Waals surface area (Å²) in [6.45, 7) is 4.32. The van der Waals surface area contributed by atoms with Gasteiger partial charge in [-0.25, -0.2) is 4.39 Å². The molecule has 102 valence electrons. The van der Waals surface area contributed by atoms with Gasteiger partial charge < -0.3 is 19.9 Å². The Labute approximate surface area is 107 Å². The van der Waals surface area contributed by atoms with Crippen LogP contribution in [-0.4, -0.2) is 26.9 Å². The van der Waals surface area contributed by atoms with Gasteiger partial charge in [-0.15, -0.1) is 0 Å². The van der Waals surface area contributed by atoms with Crippen LogP contribution in [0.4, 0.5) is 4.39 Å². The molecule has 0 bridgehead atoms. The Balaban J connectivity index is 3.35. The van der Waals surface area contributed by atoms with Gasteiger partial charge in [0.25, 0.3) is 0 Å². The summed E-state index contributed by atoms with van der Waals surface area (Å²) in [6, 6.07) is 4.55. The van der Waals surface area contributed by atoms with Crippen molar-refractivity contribution in [2.24, 2.45) is 5.73 Å². The van der Waals surface area contributed by atoms with Crippen molar-refractivity contribution in [3.8, 4) is 5.75 Å². The van der Waals surface area contributed by atoms with Crippen LogP contribution in [0.25, 0.3) is 0 Å². The molecule has 18 heavy (non-hydrogen) atoms. The zero-order valence-electron chi connectivity index (χ0n) is 11.0. The van der Waals surface area contributed by atoms with E-state index in [1.54, 1.807) is 26.0 Å². The maximum atomic E-state index is 14.1. The molecule has 0 fully saturated rings. The molecule has 1 aromatic carbocycles. The quantitative estimate of drug-likeness (QED) is 0.759. The monoisotopic (exact) mass is 257 g/mol. The Morgan fingerprint density at radius 1 is 1.22 bits per heavy atom. The molecule has 1 rings (SSSR count). The summed E-state index contributed by atoms with van der Waals surface area (Å²) in [4.78, 5) is 0. The SMILES string of the molecule is CCOC(CN)(OCC)c1c(F)cccc1OC. The van der Waals surface area contributed by atoms with Crippen LogP contribution < -0.4 is 10.5 Å². The van der Waals surface area contributed by atoms with E-state index in [2.05, 4.69) is 0 Å². The van der Waals surface area contributed by atoms with Crippen molar-refractivity contribution in [2.45, 2.75) is 19.6 Å². The average molecular weight is 257 g/mol. The fourth-order valence-corrected chi connectivity index (χ4v) is 1.92. The van der Waals surface area contributed by atoms with Gasteiger partial charge in [-0.05, 0) is 26.0 Å². The van der Waals surface area contributed by atoms with E-state index in [9.17, 15) is 4.39 Å². The second-order valence-electron chi connectivity index (χ2n) is 3.64. The number of ether oxygens (including phenoxy) is 3. The first-order valence-corrected chi connectivity index (χ1v) is 5.96. The van der Waals surface area contributed by atoms with Crippen molar-refractivity contribution in [3.63, 3.8) is 0 Å². The molecule has 0 unspecified atom stereocenters. The molecule has 0 amide bonds. The normalized spacial score (nSPS) is 11.6. The van der Waals surface area contributed by atoms with Crippen molar-refractivity contribution in [1.29, 1.82) is 0 Å². The second-order valence-corrected chi connectivity index (χ2v) is 3.64. The lowest BCUT2D eigenvalue weighted by Crippen LogP contribution is -2.42. The molecule has 2 N–H and O–H groups in total. The van der Waals surface area contributed by atoms with E-state index in [0.29, 0.717) is 19.0 Å². The molecule has 0 atom stereocenters. The first-order chi connectivity index (χ1) is 8.65. The third-order valence-corrected chi connectivity index (χ3v) is 2.60. The topological polar surface area (TPSA) is 53.7 Å². The van der Waals surface area contributed by atoms with Gasteiger partial charge in [-0.3, -0.25) is 0 Å². The Kier molecular flexibility index (Phi) is 5.53. The number of nitrogens with two attached hydrogens (primary N) is 1. The van der Waals surface area contributed by atoms with Crippen LogP contribution in [0.2, 0.25) is 0 Å². The molecule has 0 radical (unpaired) electrons.